The summed E-state index contributed by atoms with van der Waals surface area (Å²) in [7, 11) is 1.96. The number of fused-ring (bicyclic) bond motifs is 1. The largest absolute Gasteiger partial charge is 0.480 e. The summed E-state index contributed by atoms with van der Waals surface area (Å²) < 4.78 is 5.76. The SMILES string of the molecule is CCC(Oc1cccc2c1CCC2NC)C(N)=O. The van der Waals surface area contributed by atoms with Crippen LogP contribution < -0.4 is 15.8 Å². The monoisotopic (exact) mass is 248 g/mol. The Morgan fingerprint density at radius 1 is 1.61 bits per heavy atom. The second kappa shape index (κ2) is 5.40. The molecule has 0 heterocycles. The molecule has 0 aliphatic heterocycles. The number of hydrogen-bond donors (Lipinski definition) is 2. The van der Waals surface area contributed by atoms with Crippen LogP contribution >= 0.6 is 0 Å². The van der Waals surface area contributed by atoms with Crippen molar-refractivity contribution >= 4 is 5.91 Å². The highest BCUT2D eigenvalue weighted by Gasteiger charge is 2.25. The van der Waals surface area contributed by atoms with E-state index in [1.54, 1.807) is 0 Å². The maximum atomic E-state index is 11.2. The average Bonchev–Trinajstić information content (AvgIpc) is 2.79. The van der Waals surface area contributed by atoms with Crippen molar-refractivity contribution in [2.75, 3.05) is 7.05 Å². The van der Waals surface area contributed by atoms with Gasteiger partial charge >= 0.3 is 0 Å². The number of amides is 1. The fourth-order valence-corrected chi connectivity index (χ4v) is 2.53. The van der Waals surface area contributed by atoms with Crippen LogP contribution in [0, 0.1) is 0 Å². The predicted octanol–water partition coefficient (Wildman–Crippen LogP) is 1.54. The number of rotatable bonds is 5. The topological polar surface area (TPSA) is 64.3 Å². The molecule has 2 atom stereocenters. The predicted molar refractivity (Wildman–Crippen MR) is 70.5 cm³/mol. The van der Waals surface area contributed by atoms with Crippen LogP contribution in [-0.2, 0) is 11.2 Å². The van der Waals surface area contributed by atoms with Crippen LogP contribution in [0.1, 0.15) is 36.9 Å². The van der Waals surface area contributed by atoms with E-state index in [1.807, 2.05) is 26.1 Å². The van der Waals surface area contributed by atoms with Gasteiger partial charge < -0.3 is 15.8 Å². The minimum absolute atomic E-state index is 0.386. The van der Waals surface area contributed by atoms with Crippen molar-refractivity contribution in [2.45, 2.75) is 38.3 Å². The zero-order valence-corrected chi connectivity index (χ0v) is 10.9. The van der Waals surface area contributed by atoms with Gasteiger partial charge in [-0.25, -0.2) is 0 Å². The van der Waals surface area contributed by atoms with Crippen LogP contribution in [0.4, 0.5) is 0 Å². The zero-order chi connectivity index (χ0) is 13.1. The first kappa shape index (κ1) is 12.9. The van der Waals surface area contributed by atoms with E-state index < -0.39 is 12.0 Å². The number of carbonyl (C=O) groups excluding carboxylic acids is 1. The summed E-state index contributed by atoms with van der Waals surface area (Å²) in [5, 5.41) is 3.29. The van der Waals surface area contributed by atoms with Crippen LogP contribution in [0.15, 0.2) is 18.2 Å². The van der Waals surface area contributed by atoms with Crippen LogP contribution in [-0.4, -0.2) is 19.1 Å². The molecule has 0 radical (unpaired) electrons. The number of nitrogens with one attached hydrogen (secondary N) is 1. The van der Waals surface area contributed by atoms with Crippen molar-refractivity contribution in [3.8, 4) is 5.75 Å². The second-order valence-electron chi connectivity index (χ2n) is 4.62. The highest BCUT2D eigenvalue weighted by atomic mass is 16.5. The van der Waals surface area contributed by atoms with Crippen molar-refractivity contribution in [3.05, 3.63) is 29.3 Å². The molecule has 18 heavy (non-hydrogen) atoms. The van der Waals surface area contributed by atoms with Crippen LogP contribution in [0.3, 0.4) is 0 Å². The van der Waals surface area contributed by atoms with Gasteiger partial charge in [-0.1, -0.05) is 19.1 Å². The third-order valence-electron chi connectivity index (χ3n) is 3.53. The Morgan fingerprint density at radius 3 is 3.00 bits per heavy atom. The van der Waals surface area contributed by atoms with E-state index in [0.717, 1.165) is 18.6 Å². The molecule has 3 N–H and O–H groups in total. The first-order valence-corrected chi connectivity index (χ1v) is 6.42. The van der Waals surface area contributed by atoms with E-state index in [9.17, 15) is 4.79 Å². The lowest BCUT2D eigenvalue weighted by molar-refractivity contribution is -0.124. The van der Waals surface area contributed by atoms with Crippen molar-refractivity contribution < 1.29 is 9.53 Å². The molecule has 0 saturated heterocycles. The molecule has 1 aliphatic carbocycles. The molecule has 0 fully saturated rings. The Kier molecular flexibility index (Phi) is 3.87. The van der Waals surface area contributed by atoms with Gasteiger partial charge in [0.25, 0.3) is 5.91 Å². The molecule has 4 nitrogen and oxygen atoms in total. The van der Waals surface area contributed by atoms with E-state index in [-0.39, 0.29) is 0 Å². The third-order valence-corrected chi connectivity index (χ3v) is 3.53. The van der Waals surface area contributed by atoms with E-state index in [1.165, 1.54) is 11.1 Å². The zero-order valence-electron chi connectivity index (χ0n) is 10.9. The van der Waals surface area contributed by atoms with Crippen molar-refractivity contribution in [1.82, 2.24) is 5.32 Å². The molecule has 4 heteroatoms. The maximum absolute atomic E-state index is 11.2. The molecule has 0 spiro atoms. The Bertz CT molecular complexity index is 445. The average molecular weight is 248 g/mol. The first-order valence-electron chi connectivity index (χ1n) is 6.42. The highest BCUT2D eigenvalue weighted by Crippen LogP contribution is 2.37. The van der Waals surface area contributed by atoms with Crippen molar-refractivity contribution in [2.24, 2.45) is 5.73 Å². The molecule has 1 aliphatic rings. The molecule has 2 unspecified atom stereocenters. The normalized spacial score (nSPS) is 19.3. The number of hydrogen-bond acceptors (Lipinski definition) is 3. The smallest absolute Gasteiger partial charge is 0.258 e. The van der Waals surface area contributed by atoms with Gasteiger partial charge in [-0.3, -0.25) is 4.79 Å². The van der Waals surface area contributed by atoms with Gasteiger partial charge in [0.1, 0.15) is 5.75 Å². The second-order valence-corrected chi connectivity index (χ2v) is 4.62. The van der Waals surface area contributed by atoms with Crippen LogP contribution in [0.5, 0.6) is 5.75 Å². The Balaban J connectivity index is 2.25. The van der Waals surface area contributed by atoms with Gasteiger partial charge in [-0.2, -0.15) is 0 Å². The molecule has 1 aromatic carbocycles. The van der Waals surface area contributed by atoms with E-state index in [0.29, 0.717) is 12.5 Å². The molecule has 98 valence electrons. The summed E-state index contributed by atoms with van der Waals surface area (Å²) in [6.07, 6.45) is 2.10. The molecule has 0 bridgehead atoms. The van der Waals surface area contributed by atoms with E-state index >= 15 is 0 Å². The molecular formula is C14H20N2O2. The first-order chi connectivity index (χ1) is 8.67. The third kappa shape index (κ3) is 2.34. The van der Waals surface area contributed by atoms with Gasteiger partial charge in [-0.15, -0.1) is 0 Å². The molecule has 0 aromatic heterocycles. The van der Waals surface area contributed by atoms with Gasteiger partial charge in [0.15, 0.2) is 6.10 Å². The van der Waals surface area contributed by atoms with Gasteiger partial charge in [-0.05, 0) is 43.5 Å². The summed E-state index contributed by atoms with van der Waals surface area (Å²) in [6.45, 7) is 1.90. The van der Waals surface area contributed by atoms with Gasteiger partial charge in [0.05, 0.1) is 0 Å². The Hall–Kier alpha value is -1.55. The summed E-state index contributed by atoms with van der Waals surface area (Å²) >= 11 is 0. The molecule has 1 amide bonds. The number of primary amides is 1. The Morgan fingerprint density at radius 2 is 2.39 bits per heavy atom. The summed E-state index contributed by atoms with van der Waals surface area (Å²) in [6, 6.07) is 6.39. The summed E-state index contributed by atoms with van der Waals surface area (Å²) in [5.74, 6) is 0.397. The lowest BCUT2D eigenvalue weighted by Gasteiger charge is -2.17. The fraction of sp³-hybridized carbons (Fsp3) is 0.500. The van der Waals surface area contributed by atoms with E-state index in [2.05, 4.69) is 11.4 Å². The lowest BCUT2D eigenvalue weighted by Crippen LogP contribution is -2.33. The van der Waals surface area contributed by atoms with Crippen LogP contribution in [0.2, 0.25) is 0 Å². The minimum Gasteiger partial charge on any atom is -0.480 e. The van der Waals surface area contributed by atoms with Crippen LogP contribution in [0.25, 0.3) is 0 Å². The molecule has 2 rings (SSSR count). The number of benzene rings is 1. The van der Waals surface area contributed by atoms with Gasteiger partial charge in [0, 0.05) is 6.04 Å². The highest BCUT2D eigenvalue weighted by molar-refractivity contribution is 5.79. The van der Waals surface area contributed by atoms with Gasteiger partial charge in [0.2, 0.25) is 0 Å². The maximum Gasteiger partial charge on any atom is 0.258 e. The number of carbonyl (C=O) groups is 1. The number of nitrogens with two attached hydrogens (primary N) is 1. The summed E-state index contributed by atoms with van der Waals surface area (Å²) in [4.78, 5) is 11.2. The molecule has 0 saturated carbocycles. The molecular weight excluding hydrogens is 228 g/mol. The van der Waals surface area contributed by atoms with Crippen molar-refractivity contribution in [3.63, 3.8) is 0 Å². The quantitative estimate of drug-likeness (QED) is 0.830. The number of ether oxygens (including phenoxy) is 1. The minimum atomic E-state index is -0.537. The Labute approximate surface area is 108 Å². The van der Waals surface area contributed by atoms with E-state index in [4.69, 9.17) is 10.5 Å². The lowest BCUT2D eigenvalue weighted by atomic mass is 10.1. The molecule has 1 aromatic rings. The van der Waals surface area contributed by atoms with Crippen molar-refractivity contribution in [1.29, 1.82) is 0 Å². The standard InChI is InChI=1S/C14H20N2O2/c1-3-12(14(15)17)18-13-6-4-5-9-10(13)7-8-11(9)16-2/h4-6,11-12,16H,3,7-8H2,1-2H3,(H2,15,17). The summed E-state index contributed by atoms with van der Waals surface area (Å²) in [5.41, 5.74) is 7.80. The fourth-order valence-electron chi connectivity index (χ4n) is 2.53.